The van der Waals surface area contributed by atoms with E-state index in [1.807, 2.05) is 0 Å². The van der Waals surface area contributed by atoms with E-state index in [0.717, 1.165) is 12.3 Å². The fourth-order valence-corrected chi connectivity index (χ4v) is 1.94. The highest BCUT2D eigenvalue weighted by molar-refractivity contribution is 7.90. The topological polar surface area (TPSA) is 82.2 Å². The Bertz CT molecular complexity index is 560. The fraction of sp³-hybridized carbons (Fsp3) is 0.444. The zero-order chi connectivity index (χ0) is 14.1. The number of hydrogen-bond donors (Lipinski definition) is 1. The van der Waals surface area contributed by atoms with Gasteiger partial charge in [0.15, 0.2) is 0 Å². The molecule has 18 heavy (non-hydrogen) atoms. The van der Waals surface area contributed by atoms with Crippen molar-refractivity contribution in [2.45, 2.75) is 12.7 Å². The Balaban J connectivity index is 3.20. The van der Waals surface area contributed by atoms with Crippen LogP contribution in [0.5, 0.6) is 0 Å². The zero-order valence-corrected chi connectivity index (χ0v) is 10.2. The molecule has 0 fully saturated rings. The molecule has 5 nitrogen and oxygen atoms in total. The molecule has 0 unspecified atom stereocenters. The summed E-state index contributed by atoms with van der Waals surface area (Å²) >= 11 is 0. The van der Waals surface area contributed by atoms with Gasteiger partial charge in [-0.15, -0.1) is 0 Å². The maximum atomic E-state index is 12.6. The zero-order valence-electron chi connectivity index (χ0n) is 9.36. The number of aromatic nitrogens is 1. The van der Waals surface area contributed by atoms with Crippen molar-refractivity contribution >= 4 is 15.7 Å². The van der Waals surface area contributed by atoms with E-state index in [1.165, 1.54) is 0 Å². The second-order valence-corrected chi connectivity index (χ2v) is 6.01. The maximum absolute atomic E-state index is 12.6. The minimum atomic E-state index is -4.68. The molecule has 1 aromatic rings. The number of alkyl halides is 3. The number of rotatable bonds is 4. The van der Waals surface area contributed by atoms with E-state index in [0.29, 0.717) is 10.6 Å². The van der Waals surface area contributed by atoms with Gasteiger partial charge in [-0.3, -0.25) is 4.79 Å². The number of amides is 1. The van der Waals surface area contributed by atoms with Gasteiger partial charge >= 0.3 is 6.18 Å². The van der Waals surface area contributed by atoms with Crippen LogP contribution in [0.15, 0.2) is 12.1 Å². The van der Waals surface area contributed by atoms with Crippen LogP contribution in [0, 0.1) is 0 Å². The van der Waals surface area contributed by atoms with Crippen LogP contribution in [0.25, 0.3) is 0 Å². The first-order valence-corrected chi connectivity index (χ1v) is 6.82. The van der Waals surface area contributed by atoms with Crippen LogP contribution in [-0.4, -0.2) is 30.9 Å². The standard InChI is InChI=1S/C9H11F3N2O3S/c1-18(16,17)5-4-14-6(8(13)15)2-3-7(14)9(10,11)12/h2-3H,4-5H2,1H3,(H2,13,15). The van der Waals surface area contributed by atoms with Crippen LogP contribution in [-0.2, 0) is 22.6 Å². The molecule has 1 amide bonds. The molecule has 0 radical (unpaired) electrons. The summed E-state index contributed by atoms with van der Waals surface area (Å²) in [4.78, 5) is 11.0. The number of hydrogen-bond acceptors (Lipinski definition) is 3. The summed E-state index contributed by atoms with van der Waals surface area (Å²) in [7, 11) is -3.45. The van der Waals surface area contributed by atoms with E-state index in [-0.39, 0.29) is 5.69 Å². The molecule has 0 saturated heterocycles. The summed E-state index contributed by atoms with van der Waals surface area (Å²) in [6.07, 6.45) is -3.78. The molecule has 0 bridgehead atoms. The summed E-state index contributed by atoms with van der Waals surface area (Å²) in [6.45, 7) is -0.473. The third-order valence-corrected chi connectivity index (χ3v) is 3.13. The second kappa shape index (κ2) is 4.63. The molecule has 1 rings (SSSR count). The molecule has 1 heterocycles. The Labute approximate surface area is 101 Å². The van der Waals surface area contributed by atoms with Crippen molar-refractivity contribution in [1.82, 2.24) is 4.57 Å². The van der Waals surface area contributed by atoms with Gasteiger partial charge in [-0.2, -0.15) is 13.2 Å². The average Bonchev–Trinajstić information content (AvgIpc) is 2.55. The third kappa shape index (κ3) is 3.49. The van der Waals surface area contributed by atoms with Crippen LogP contribution >= 0.6 is 0 Å². The normalized spacial score (nSPS) is 12.7. The minimum absolute atomic E-state index is 0.369. The van der Waals surface area contributed by atoms with Crippen molar-refractivity contribution in [1.29, 1.82) is 0 Å². The third-order valence-electron chi connectivity index (χ3n) is 2.21. The summed E-state index contributed by atoms with van der Waals surface area (Å²) in [6, 6.07) is 1.62. The number of primary amides is 1. The molecule has 9 heteroatoms. The first-order chi connectivity index (χ1) is 8.02. The Kier molecular flexibility index (Phi) is 3.75. The lowest BCUT2D eigenvalue weighted by Gasteiger charge is -2.13. The fourth-order valence-electron chi connectivity index (χ4n) is 1.43. The number of carbonyl (C=O) groups excluding carboxylic acids is 1. The highest BCUT2D eigenvalue weighted by atomic mass is 32.2. The van der Waals surface area contributed by atoms with Crippen LogP contribution in [0.2, 0.25) is 0 Å². The molecule has 0 atom stereocenters. The van der Waals surface area contributed by atoms with Gasteiger partial charge in [0.05, 0.1) is 5.75 Å². The van der Waals surface area contributed by atoms with Gasteiger partial charge in [0, 0.05) is 12.8 Å². The monoisotopic (exact) mass is 284 g/mol. The first kappa shape index (κ1) is 14.6. The van der Waals surface area contributed by atoms with Gasteiger partial charge < -0.3 is 10.3 Å². The molecule has 0 aromatic carbocycles. The van der Waals surface area contributed by atoms with E-state index >= 15 is 0 Å². The van der Waals surface area contributed by atoms with Gasteiger partial charge in [-0.1, -0.05) is 0 Å². The van der Waals surface area contributed by atoms with Crippen molar-refractivity contribution in [2.75, 3.05) is 12.0 Å². The summed E-state index contributed by atoms with van der Waals surface area (Å²) in [5.41, 5.74) is 3.47. The van der Waals surface area contributed by atoms with Crippen molar-refractivity contribution in [3.63, 3.8) is 0 Å². The van der Waals surface area contributed by atoms with E-state index in [4.69, 9.17) is 5.73 Å². The second-order valence-electron chi connectivity index (χ2n) is 3.75. The van der Waals surface area contributed by atoms with Gasteiger partial charge in [-0.25, -0.2) is 8.42 Å². The van der Waals surface area contributed by atoms with Crippen molar-refractivity contribution in [3.8, 4) is 0 Å². The largest absolute Gasteiger partial charge is 0.431 e. The number of nitrogens with two attached hydrogens (primary N) is 1. The van der Waals surface area contributed by atoms with Crippen LogP contribution in [0.4, 0.5) is 13.2 Å². The van der Waals surface area contributed by atoms with E-state index < -0.39 is 39.9 Å². The van der Waals surface area contributed by atoms with Gasteiger partial charge in [0.1, 0.15) is 21.2 Å². The smallest absolute Gasteiger partial charge is 0.364 e. The van der Waals surface area contributed by atoms with Gasteiger partial charge in [-0.05, 0) is 12.1 Å². The van der Waals surface area contributed by atoms with Gasteiger partial charge in [0.2, 0.25) is 0 Å². The lowest BCUT2D eigenvalue weighted by molar-refractivity contribution is -0.143. The van der Waals surface area contributed by atoms with Gasteiger partial charge in [0.25, 0.3) is 5.91 Å². The van der Waals surface area contributed by atoms with E-state index in [2.05, 4.69) is 0 Å². The molecule has 0 aliphatic carbocycles. The summed E-state index contributed by atoms with van der Waals surface area (Å²) < 4.78 is 60.4. The summed E-state index contributed by atoms with van der Waals surface area (Å²) in [5, 5.41) is 0. The number of nitrogens with zero attached hydrogens (tertiary/aromatic N) is 1. The van der Waals surface area contributed by atoms with Crippen LogP contribution < -0.4 is 5.73 Å². The highest BCUT2D eigenvalue weighted by Crippen LogP contribution is 2.30. The molecular formula is C9H11F3N2O3S. The average molecular weight is 284 g/mol. The molecule has 0 spiro atoms. The van der Waals surface area contributed by atoms with Crippen molar-refractivity contribution in [3.05, 3.63) is 23.5 Å². The molecule has 2 N–H and O–H groups in total. The Hall–Kier alpha value is -1.51. The maximum Gasteiger partial charge on any atom is 0.431 e. The summed E-state index contributed by atoms with van der Waals surface area (Å²) in [5.74, 6) is -1.55. The van der Waals surface area contributed by atoms with E-state index in [1.54, 1.807) is 0 Å². The number of carbonyl (C=O) groups is 1. The Morgan fingerprint density at radius 2 is 1.94 bits per heavy atom. The van der Waals surface area contributed by atoms with Crippen LogP contribution in [0.3, 0.4) is 0 Å². The SMILES string of the molecule is CS(=O)(=O)CCn1c(C(N)=O)ccc1C(F)(F)F. The molecule has 102 valence electrons. The van der Waals surface area contributed by atoms with Crippen LogP contribution in [0.1, 0.15) is 16.2 Å². The molecule has 0 aliphatic rings. The lowest BCUT2D eigenvalue weighted by Crippen LogP contribution is -2.24. The first-order valence-electron chi connectivity index (χ1n) is 4.76. The predicted octanol–water partition coefficient (Wildman–Crippen LogP) is 0.650. The highest BCUT2D eigenvalue weighted by Gasteiger charge is 2.35. The molecule has 0 aliphatic heterocycles. The quantitative estimate of drug-likeness (QED) is 0.881. The Morgan fingerprint density at radius 1 is 1.39 bits per heavy atom. The molecular weight excluding hydrogens is 273 g/mol. The predicted molar refractivity (Wildman–Crippen MR) is 57.7 cm³/mol. The lowest BCUT2D eigenvalue weighted by atomic mass is 10.4. The Morgan fingerprint density at radius 3 is 2.33 bits per heavy atom. The van der Waals surface area contributed by atoms with Crippen molar-refractivity contribution in [2.24, 2.45) is 5.73 Å². The number of sulfone groups is 1. The van der Waals surface area contributed by atoms with Crippen molar-refractivity contribution < 1.29 is 26.4 Å². The minimum Gasteiger partial charge on any atom is -0.364 e. The van der Waals surface area contributed by atoms with E-state index in [9.17, 15) is 26.4 Å². The molecule has 0 saturated carbocycles. The molecule has 1 aromatic heterocycles. The number of halogens is 3.